The summed E-state index contributed by atoms with van der Waals surface area (Å²) < 4.78 is 0. The van der Waals surface area contributed by atoms with Gasteiger partial charge in [0.25, 0.3) is 0 Å². The van der Waals surface area contributed by atoms with Gasteiger partial charge in [0, 0.05) is 0 Å². The summed E-state index contributed by atoms with van der Waals surface area (Å²) >= 11 is 0. The first-order valence-electron chi connectivity index (χ1n) is 4.59. The van der Waals surface area contributed by atoms with Crippen molar-refractivity contribution in [1.82, 2.24) is 0 Å². The Balaban J connectivity index is 2.65. The summed E-state index contributed by atoms with van der Waals surface area (Å²) in [5.41, 5.74) is 2.75. The molecule has 65 valence electrons. The molecule has 0 heteroatoms. The molecule has 0 amide bonds. The highest BCUT2D eigenvalue weighted by molar-refractivity contribution is 5.23. The van der Waals surface area contributed by atoms with Gasteiger partial charge in [-0.3, -0.25) is 0 Å². The molecule has 0 bridgehead atoms. The van der Waals surface area contributed by atoms with E-state index >= 15 is 0 Å². The summed E-state index contributed by atoms with van der Waals surface area (Å²) in [5, 5.41) is 0. The number of benzene rings is 1. The quantitative estimate of drug-likeness (QED) is 0.638. The molecular formula is C12H17. The summed E-state index contributed by atoms with van der Waals surface area (Å²) in [6, 6.07) is 8.76. The van der Waals surface area contributed by atoms with Crippen LogP contribution in [0.2, 0.25) is 0 Å². The largest absolute Gasteiger partial charge is 0.0625 e. The lowest BCUT2D eigenvalue weighted by molar-refractivity contribution is 0.647. The maximum Gasteiger partial charge on any atom is -0.0256 e. The van der Waals surface area contributed by atoms with Crippen LogP contribution in [0.15, 0.2) is 24.3 Å². The zero-order valence-corrected chi connectivity index (χ0v) is 8.01. The molecule has 0 atom stereocenters. The average molecular weight is 161 g/mol. The Morgan fingerprint density at radius 3 is 2.00 bits per heavy atom. The van der Waals surface area contributed by atoms with E-state index in [2.05, 4.69) is 45.0 Å². The molecule has 0 aliphatic carbocycles. The van der Waals surface area contributed by atoms with Gasteiger partial charge in [-0.2, -0.15) is 0 Å². The fraction of sp³-hybridized carbons (Fsp3) is 0.417. The van der Waals surface area contributed by atoms with Crippen LogP contribution in [0.3, 0.4) is 0 Å². The Morgan fingerprint density at radius 2 is 1.58 bits per heavy atom. The van der Waals surface area contributed by atoms with Crippen LogP contribution in [0.25, 0.3) is 0 Å². The zero-order chi connectivity index (χ0) is 8.97. The fourth-order valence-corrected chi connectivity index (χ4v) is 1.31. The van der Waals surface area contributed by atoms with E-state index < -0.39 is 0 Å². The molecule has 1 aromatic rings. The van der Waals surface area contributed by atoms with Crippen LogP contribution in [-0.4, -0.2) is 0 Å². The fourth-order valence-electron chi connectivity index (χ4n) is 1.31. The van der Waals surface area contributed by atoms with E-state index in [-0.39, 0.29) is 0 Å². The second-order valence-electron chi connectivity index (χ2n) is 3.66. The Kier molecular flexibility index (Phi) is 3.33. The molecule has 0 aliphatic rings. The zero-order valence-electron chi connectivity index (χ0n) is 8.01. The van der Waals surface area contributed by atoms with E-state index in [4.69, 9.17) is 0 Å². The summed E-state index contributed by atoms with van der Waals surface area (Å²) in [4.78, 5) is 0. The van der Waals surface area contributed by atoms with Crippen molar-refractivity contribution in [3.05, 3.63) is 42.3 Å². The molecule has 0 heterocycles. The Morgan fingerprint density at radius 1 is 1.08 bits per heavy atom. The SMILES string of the molecule is [CH2]Cc1ccc(CC(C)C)cc1. The van der Waals surface area contributed by atoms with Crippen molar-refractivity contribution in [2.45, 2.75) is 26.7 Å². The minimum atomic E-state index is 0.746. The molecule has 0 unspecified atom stereocenters. The molecule has 0 nitrogen and oxygen atoms in total. The maximum absolute atomic E-state index is 3.85. The lowest BCUT2D eigenvalue weighted by Crippen LogP contribution is -1.93. The minimum absolute atomic E-state index is 0.746. The highest BCUT2D eigenvalue weighted by Gasteiger charge is 1.96. The maximum atomic E-state index is 3.85. The van der Waals surface area contributed by atoms with Crippen molar-refractivity contribution >= 4 is 0 Å². The van der Waals surface area contributed by atoms with Crippen LogP contribution in [0, 0.1) is 12.8 Å². The Bertz CT molecular complexity index is 218. The van der Waals surface area contributed by atoms with Crippen LogP contribution >= 0.6 is 0 Å². The third kappa shape index (κ3) is 2.69. The number of hydrogen-bond acceptors (Lipinski definition) is 0. The predicted octanol–water partition coefficient (Wildman–Crippen LogP) is 3.26. The number of hydrogen-bond donors (Lipinski definition) is 0. The van der Waals surface area contributed by atoms with Gasteiger partial charge in [0.1, 0.15) is 0 Å². The summed E-state index contributed by atoms with van der Waals surface area (Å²) in [6.07, 6.45) is 2.07. The van der Waals surface area contributed by atoms with Gasteiger partial charge < -0.3 is 0 Å². The standard InChI is InChI=1S/C12H17/c1-4-11-5-7-12(8-6-11)9-10(2)3/h5-8,10H,1,4,9H2,2-3H3. The smallest absolute Gasteiger partial charge is 0.0256 e. The van der Waals surface area contributed by atoms with Crippen LogP contribution in [0.1, 0.15) is 25.0 Å². The number of rotatable bonds is 3. The first-order chi connectivity index (χ1) is 5.72. The van der Waals surface area contributed by atoms with E-state index in [1.54, 1.807) is 0 Å². The van der Waals surface area contributed by atoms with Gasteiger partial charge >= 0.3 is 0 Å². The molecule has 0 saturated carbocycles. The Hall–Kier alpha value is -0.780. The van der Waals surface area contributed by atoms with Gasteiger partial charge in [-0.1, -0.05) is 38.1 Å². The molecule has 0 saturated heterocycles. The summed E-state index contributed by atoms with van der Waals surface area (Å²) in [7, 11) is 0. The van der Waals surface area contributed by atoms with Crippen LogP contribution in [0.5, 0.6) is 0 Å². The second-order valence-corrected chi connectivity index (χ2v) is 3.66. The third-order valence-corrected chi connectivity index (χ3v) is 1.96. The molecule has 0 fully saturated rings. The lowest BCUT2D eigenvalue weighted by atomic mass is 10.0. The monoisotopic (exact) mass is 161 g/mol. The van der Waals surface area contributed by atoms with Crippen molar-refractivity contribution < 1.29 is 0 Å². The molecule has 0 spiro atoms. The topological polar surface area (TPSA) is 0 Å². The first kappa shape index (κ1) is 9.31. The second kappa shape index (κ2) is 4.30. The van der Waals surface area contributed by atoms with Crippen molar-refractivity contribution in [3.63, 3.8) is 0 Å². The van der Waals surface area contributed by atoms with Gasteiger partial charge in [0.2, 0.25) is 0 Å². The van der Waals surface area contributed by atoms with Crippen LogP contribution in [0.4, 0.5) is 0 Å². The average Bonchev–Trinajstić information content (AvgIpc) is 2.05. The van der Waals surface area contributed by atoms with Crippen molar-refractivity contribution in [2.24, 2.45) is 5.92 Å². The van der Waals surface area contributed by atoms with Gasteiger partial charge in [-0.25, -0.2) is 0 Å². The van der Waals surface area contributed by atoms with E-state index in [0.29, 0.717) is 0 Å². The first-order valence-corrected chi connectivity index (χ1v) is 4.59. The van der Waals surface area contributed by atoms with Crippen LogP contribution in [-0.2, 0) is 12.8 Å². The normalized spacial score (nSPS) is 10.7. The highest BCUT2D eigenvalue weighted by Crippen LogP contribution is 2.09. The van der Waals surface area contributed by atoms with E-state index in [1.165, 1.54) is 17.5 Å². The van der Waals surface area contributed by atoms with E-state index in [0.717, 1.165) is 12.3 Å². The summed E-state index contributed by atoms with van der Waals surface area (Å²) in [6.45, 7) is 8.34. The lowest BCUT2D eigenvalue weighted by Gasteiger charge is -2.04. The minimum Gasteiger partial charge on any atom is -0.0625 e. The molecule has 1 rings (SSSR count). The molecule has 0 aliphatic heterocycles. The molecular weight excluding hydrogens is 144 g/mol. The van der Waals surface area contributed by atoms with Crippen molar-refractivity contribution in [2.75, 3.05) is 0 Å². The highest BCUT2D eigenvalue weighted by atomic mass is 14.0. The van der Waals surface area contributed by atoms with Gasteiger partial charge in [-0.15, -0.1) is 0 Å². The molecule has 1 aromatic carbocycles. The molecule has 0 aromatic heterocycles. The van der Waals surface area contributed by atoms with Gasteiger partial charge in [0.15, 0.2) is 0 Å². The molecule has 1 radical (unpaired) electrons. The molecule has 12 heavy (non-hydrogen) atoms. The van der Waals surface area contributed by atoms with E-state index in [1.807, 2.05) is 0 Å². The van der Waals surface area contributed by atoms with Crippen molar-refractivity contribution in [1.29, 1.82) is 0 Å². The Labute approximate surface area is 75.6 Å². The van der Waals surface area contributed by atoms with Gasteiger partial charge in [0.05, 0.1) is 0 Å². The summed E-state index contributed by atoms with van der Waals surface area (Å²) in [5.74, 6) is 0.746. The van der Waals surface area contributed by atoms with Crippen molar-refractivity contribution in [3.8, 4) is 0 Å². The molecule has 0 N–H and O–H groups in total. The van der Waals surface area contributed by atoms with Crippen LogP contribution < -0.4 is 0 Å². The third-order valence-electron chi connectivity index (χ3n) is 1.96. The van der Waals surface area contributed by atoms with E-state index in [9.17, 15) is 0 Å². The predicted molar refractivity (Wildman–Crippen MR) is 54.0 cm³/mol. The van der Waals surface area contributed by atoms with Gasteiger partial charge in [-0.05, 0) is 36.8 Å².